The summed E-state index contributed by atoms with van der Waals surface area (Å²) < 4.78 is 13.6. The lowest BCUT2D eigenvalue weighted by Crippen LogP contribution is -1.51. The summed E-state index contributed by atoms with van der Waals surface area (Å²) in [5.74, 6) is 0. The Morgan fingerprint density at radius 2 is 0.880 bits per heavy atom. The third-order valence-corrected chi connectivity index (χ3v) is 6.68. The molecule has 260 valence electrons. The van der Waals surface area contributed by atoms with Crippen LogP contribution in [0.2, 0.25) is 0 Å². The molecule has 0 saturated heterocycles. The normalized spacial score (nSPS) is 11.8. The van der Waals surface area contributed by atoms with Crippen LogP contribution < -0.4 is 0 Å². The first-order valence-corrected chi connectivity index (χ1v) is 18.5. The molecule has 7 heterocycles. The zero-order valence-electron chi connectivity index (χ0n) is 28.0. The maximum absolute atomic E-state index is 4.58. The molecule has 3 aliphatic carbocycles. The van der Waals surface area contributed by atoms with Gasteiger partial charge < -0.3 is 13.3 Å². The first-order chi connectivity index (χ1) is 25.0. The standard InChI is InChI=1S/3C5H6.C4H5N.2C4H4O.2C4H4S.C3H3NO.C3H3NS/c8*1-2-4-5-3-1;2*1-2-5-3-4-1/h3*1-4H,5H2;1,3-4H,2H2;4*1-4H;2*1-3H. The van der Waals surface area contributed by atoms with E-state index in [1.165, 1.54) is 12.7 Å². The van der Waals surface area contributed by atoms with Gasteiger partial charge in [-0.05, 0) is 65.0 Å². The maximum atomic E-state index is 4.58. The minimum Gasteiger partial charge on any atom is -0.473 e. The lowest BCUT2D eigenvalue weighted by Gasteiger charge is -1.57. The van der Waals surface area contributed by atoms with Crippen molar-refractivity contribution in [2.45, 2.75) is 25.7 Å². The molecule has 0 fully saturated rings. The van der Waals surface area contributed by atoms with E-state index in [0.717, 1.165) is 25.7 Å². The third-order valence-electron chi connectivity index (χ3n) is 4.90. The van der Waals surface area contributed by atoms with Crippen LogP contribution in [0.4, 0.5) is 0 Å². The molecule has 0 bridgehead atoms. The van der Waals surface area contributed by atoms with Gasteiger partial charge >= 0.3 is 0 Å². The molecule has 6 nitrogen and oxygen atoms in total. The number of aromatic nitrogens is 2. The Hall–Kier alpha value is -5.35. The first kappa shape index (κ1) is 42.7. The average molecular weight is 724 g/mol. The summed E-state index contributed by atoms with van der Waals surface area (Å²) in [5, 5.41) is 10.1. The number of oxazole rings is 1. The summed E-state index contributed by atoms with van der Waals surface area (Å²) in [6.45, 7) is 0. The molecule has 0 radical (unpaired) electrons. The van der Waals surface area contributed by atoms with Crippen LogP contribution in [0.15, 0.2) is 234 Å². The predicted octanol–water partition coefficient (Wildman–Crippen LogP) is 13.4. The van der Waals surface area contributed by atoms with Crippen LogP contribution in [-0.2, 0) is 0 Å². The van der Waals surface area contributed by atoms with E-state index in [2.05, 4.69) is 101 Å². The Bertz CT molecular complexity index is 1140. The molecular formula is C41H45N3O3S3. The zero-order valence-corrected chi connectivity index (χ0v) is 30.4. The van der Waals surface area contributed by atoms with E-state index < -0.39 is 0 Å². The van der Waals surface area contributed by atoms with Crippen LogP contribution in [0.25, 0.3) is 0 Å². The van der Waals surface area contributed by atoms with Crippen molar-refractivity contribution in [3.63, 3.8) is 0 Å². The number of furan rings is 2. The molecule has 10 rings (SSSR count). The Morgan fingerprint density at radius 1 is 0.400 bits per heavy atom. The predicted molar refractivity (Wildman–Crippen MR) is 216 cm³/mol. The lowest BCUT2D eigenvalue weighted by molar-refractivity contribution is 0.558. The monoisotopic (exact) mass is 723 g/mol. The maximum Gasteiger partial charge on any atom is 0.180 e. The van der Waals surface area contributed by atoms with Crippen LogP contribution in [0.1, 0.15) is 25.7 Å². The van der Waals surface area contributed by atoms with Gasteiger partial charge in [0.1, 0.15) is 6.26 Å². The van der Waals surface area contributed by atoms with Crippen LogP contribution in [-0.4, -0.2) is 16.2 Å². The molecule has 6 aromatic heterocycles. The van der Waals surface area contributed by atoms with Gasteiger partial charge in [-0.2, -0.15) is 22.7 Å². The Kier molecular flexibility index (Phi) is 34.0. The van der Waals surface area contributed by atoms with Gasteiger partial charge in [0, 0.05) is 30.4 Å². The molecule has 0 unspecified atom stereocenters. The van der Waals surface area contributed by atoms with Gasteiger partial charge in [0.05, 0.1) is 36.8 Å². The van der Waals surface area contributed by atoms with Crippen molar-refractivity contribution in [1.82, 2.24) is 9.97 Å². The topological polar surface area (TPSA) is 77.6 Å². The van der Waals surface area contributed by atoms with Gasteiger partial charge in [0.2, 0.25) is 0 Å². The summed E-state index contributed by atoms with van der Waals surface area (Å²) in [5.41, 5.74) is 1.79. The second-order valence-corrected chi connectivity index (χ2v) is 11.1. The number of thiazole rings is 1. The number of hydrogen-bond acceptors (Lipinski definition) is 9. The second-order valence-electron chi connectivity index (χ2n) is 8.75. The minimum absolute atomic E-state index is 1.03. The van der Waals surface area contributed by atoms with Gasteiger partial charge in [-0.1, -0.05) is 103 Å². The Labute approximate surface area is 308 Å². The molecule has 1 aliphatic heterocycles. The van der Waals surface area contributed by atoms with Crippen molar-refractivity contribution in [2.24, 2.45) is 4.99 Å². The Balaban J connectivity index is 0.000000278. The number of thiophene rings is 2. The Morgan fingerprint density at radius 3 is 1.00 bits per heavy atom. The smallest absolute Gasteiger partial charge is 0.180 e. The second kappa shape index (κ2) is 39.8. The lowest BCUT2D eigenvalue weighted by atomic mass is 10.5. The number of rotatable bonds is 0. The molecule has 0 saturated carbocycles. The number of hydrogen-bond donors (Lipinski definition) is 0. The van der Waals surface area contributed by atoms with Crippen molar-refractivity contribution < 1.29 is 13.3 Å². The highest BCUT2D eigenvalue weighted by Crippen LogP contribution is 1.95. The molecule has 0 spiro atoms. The largest absolute Gasteiger partial charge is 0.473 e. The van der Waals surface area contributed by atoms with E-state index in [1.54, 1.807) is 83.2 Å². The highest BCUT2D eigenvalue weighted by molar-refractivity contribution is 7.08. The fourth-order valence-electron chi connectivity index (χ4n) is 2.74. The van der Waals surface area contributed by atoms with E-state index in [9.17, 15) is 0 Å². The fraction of sp³-hybridized carbons (Fsp3) is 0.0976. The molecule has 50 heavy (non-hydrogen) atoms. The van der Waals surface area contributed by atoms with Crippen molar-refractivity contribution in [3.8, 4) is 0 Å². The van der Waals surface area contributed by atoms with Crippen molar-refractivity contribution >= 4 is 40.2 Å². The molecular weight excluding hydrogens is 679 g/mol. The van der Waals surface area contributed by atoms with E-state index >= 15 is 0 Å². The number of allylic oxidation sites excluding steroid dienone is 13. The zero-order chi connectivity index (χ0) is 35.4. The molecule has 6 aromatic rings. The van der Waals surface area contributed by atoms with E-state index in [4.69, 9.17) is 0 Å². The van der Waals surface area contributed by atoms with E-state index in [0.29, 0.717) is 0 Å². The van der Waals surface area contributed by atoms with Crippen molar-refractivity contribution in [1.29, 1.82) is 0 Å². The highest BCUT2D eigenvalue weighted by Gasteiger charge is 1.74. The molecule has 0 N–H and O–H groups in total. The van der Waals surface area contributed by atoms with Gasteiger partial charge in [0.25, 0.3) is 0 Å². The van der Waals surface area contributed by atoms with Gasteiger partial charge in [-0.25, -0.2) is 4.98 Å². The molecule has 0 aromatic carbocycles. The number of nitrogens with zero attached hydrogens (tertiary/aromatic N) is 3. The van der Waals surface area contributed by atoms with Crippen LogP contribution in [0.5, 0.6) is 0 Å². The number of aliphatic imine (C=N–C) groups is 1. The van der Waals surface area contributed by atoms with Gasteiger partial charge in [-0.15, -0.1) is 11.3 Å². The first-order valence-electron chi connectivity index (χ1n) is 15.6. The quantitative estimate of drug-likeness (QED) is 0.156. The molecule has 9 heteroatoms. The van der Waals surface area contributed by atoms with Crippen LogP contribution in [0, 0.1) is 0 Å². The van der Waals surface area contributed by atoms with Crippen LogP contribution in [0.3, 0.4) is 0 Å². The third kappa shape index (κ3) is 37.1. The summed E-state index contributed by atoms with van der Waals surface area (Å²) >= 11 is 5.03. The molecule has 4 aliphatic rings. The van der Waals surface area contributed by atoms with Crippen molar-refractivity contribution in [3.05, 3.63) is 216 Å². The van der Waals surface area contributed by atoms with Gasteiger partial charge in [-0.3, -0.25) is 9.98 Å². The minimum atomic E-state index is 1.03. The van der Waals surface area contributed by atoms with Crippen LogP contribution >= 0.6 is 34.0 Å². The average Bonchev–Trinajstić information content (AvgIpc) is 4.08. The SMILES string of the molecule is C1=CCC=C1.C1=CCC=C1.C1=CCC=C1.C1=CN=CC1.c1ccoc1.c1ccoc1.c1ccsc1.c1ccsc1.c1cocn1.c1cscn1. The molecule has 0 amide bonds. The fourth-order valence-corrected chi connectivity index (χ4v) is 4.00. The summed E-state index contributed by atoms with van der Waals surface area (Å²) in [6.07, 6.45) is 48.0. The van der Waals surface area contributed by atoms with Gasteiger partial charge in [0.15, 0.2) is 6.39 Å². The van der Waals surface area contributed by atoms with E-state index in [-0.39, 0.29) is 0 Å². The summed E-state index contributed by atoms with van der Waals surface area (Å²) in [4.78, 5) is 11.1. The van der Waals surface area contributed by atoms with E-state index in [1.807, 2.05) is 87.7 Å². The van der Waals surface area contributed by atoms with Crippen molar-refractivity contribution in [2.75, 3.05) is 0 Å². The molecule has 0 atom stereocenters. The summed E-state index contributed by atoms with van der Waals surface area (Å²) in [6, 6.07) is 15.4. The highest BCUT2D eigenvalue weighted by atomic mass is 32.1. The summed E-state index contributed by atoms with van der Waals surface area (Å²) in [7, 11) is 0.